The molecular weight excluding hydrogens is 325 g/mol. The molecule has 0 heterocycles. The van der Waals surface area contributed by atoms with Crippen LogP contribution in [0, 0.1) is 5.82 Å². The van der Waals surface area contributed by atoms with Crippen LogP contribution in [0.3, 0.4) is 0 Å². The van der Waals surface area contributed by atoms with Crippen LogP contribution < -0.4 is 16.0 Å². The zero-order chi connectivity index (χ0) is 18.4. The van der Waals surface area contributed by atoms with Gasteiger partial charge in [-0.1, -0.05) is 6.07 Å². The second-order valence-electron chi connectivity index (χ2n) is 5.41. The number of hydrogen-bond donors (Lipinski definition) is 2. The van der Waals surface area contributed by atoms with Crippen molar-refractivity contribution < 1.29 is 18.8 Å². The zero-order valence-electron chi connectivity index (χ0n) is 13.7. The lowest BCUT2D eigenvalue weighted by atomic mass is 10.1. The Morgan fingerprint density at radius 3 is 2.40 bits per heavy atom. The van der Waals surface area contributed by atoms with Gasteiger partial charge in [-0.2, -0.15) is 0 Å². The minimum atomic E-state index is -0.549. The van der Waals surface area contributed by atoms with E-state index in [2.05, 4.69) is 5.32 Å². The van der Waals surface area contributed by atoms with Gasteiger partial charge in [0.15, 0.2) is 0 Å². The standard InChI is InChI=1S/C18H18FN3O3/c1-12(23)21-15-4-2-3-13(11-15)18(25)22(10-9-17(20)24)16-7-5-14(19)6-8-16/h2-8,11H,9-10H2,1H3,(H2,20,24)(H,21,23). The van der Waals surface area contributed by atoms with Crippen LogP contribution in [0.2, 0.25) is 0 Å². The highest BCUT2D eigenvalue weighted by molar-refractivity contribution is 6.07. The highest BCUT2D eigenvalue weighted by atomic mass is 19.1. The number of benzene rings is 2. The predicted molar refractivity (Wildman–Crippen MR) is 92.6 cm³/mol. The summed E-state index contributed by atoms with van der Waals surface area (Å²) in [5, 5.41) is 2.60. The second kappa shape index (κ2) is 8.05. The number of carbonyl (C=O) groups excluding carboxylic acids is 3. The number of carbonyl (C=O) groups is 3. The van der Waals surface area contributed by atoms with Crippen LogP contribution in [0.4, 0.5) is 15.8 Å². The summed E-state index contributed by atoms with van der Waals surface area (Å²) >= 11 is 0. The van der Waals surface area contributed by atoms with Crippen LogP contribution >= 0.6 is 0 Å². The molecule has 0 radical (unpaired) electrons. The van der Waals surface area contributed by atoms with Gasteiger partial charge in [0.2, 0.25) is 11.8 Å². The predicted octanol–water partition coefficient (Wildman–Crippen LogP) is 2.31. The van der Waals surface area contributed by atoms with Crippen LogP contribution in [0.1, 0.15) is 23.7 Å². The quantitative estimate of drug-likeness (QED) is 0.843. The molecule has 0 unspecified atom stereocenters. The number of primary amides is 1. The molecule has 130 valence electrons. The van der Waals surface area contributed by atoms with Gasteiger partial charge in [0.05, 0.1) is 0 Å². The average Bonchev–Trinajstić information content (AvgIpc) is 2.55. The summed E-state index contributed by atoms with van der Waals surface area (Å²) < 4.78 is 13.1. The lowest BCUT2D eigenvalue weighted by Gasteiger charge is -2.22. The summed E-state index contributed by atoms with van der Waals surface area (Å²) in [5.74, 6) is -1.63. The maximum Gasteiger partial charge on any atom is 0.258 e. The van der Waals surface area contributed by atoms with Gasteiger partial charge in [0, 0.05) is 36.8 Å². The molecule has 25 heavy (non-hydrogen) atoms. The monoisotopic (exact) mass is 343 g/mol. The normalized spacial score (nSPS) is 10.2. The third-order valence-corrected chi connectivity index (χ3v) is 3.40. The first-order valence-corrected chi connectivity index (χ1v) is 7.60. The fraction of sp³-hybridized carbons (Fsp3) is 0.167. The fourth-order valence-corrected chi connectivity index (χ4v) is 2.28. The van der Waals surface area contributed by atoms with Crippen molar-refractivity contribution in [2.45, 2.75) is 13.3 Å². The van der Waals surface area contributed by atoms with Gasteiger partial charge < -0.3 is 16.0 Å². The third-order valence-electron chi connectivity index (χ3n) is 3.40. The summed E-state index contributed by atoms with van der Waals surface area (Å²) in [6.07, 6.45) is -0.0332. The maximum absolute atomic E-state index is 13.1. The van der Waals surface area contributed by atoms with E-state index in [0.29, 0.717) is 16.9 Å². The molecule has 6 nitrogen and oxygen atoms in total. The van der Waals surface area contributed by atoms with E-state index >= 15 is 0 Å². The second-order valence-corrected chi connectivity index (χ2v) is 5.41. The summed E-state index contributed by atoms with van der Waals surface area (Å²) in [5.41, 5.74) is 6.42. The van der Waals surface area contributed by atoms with E-state index in [-0.39, 0.29) is 24.8 Å². The molecule has 2 aromatic rings. The highest BCUT2D eigenvalue weighted by Gasteiger charge is 2.19. The third kappa shape index (κ3) is 5.13. The van der Waals surface area contributed by atoms with E-state index in [1.807, 2.05) is 0 Å². The van der Waals surface area contributed by atoms with Gasteiger partial charge in [-0.25, -0.2) is 4.39 Å². The Hall–Kier alpha value is -3.22. The maximum atomic E-state index is 13.1. The molecule has 0 saturated heterocycles. The number of anilines is 2. The molecule has 3 amide bonds. The van der Waals surface area contributed by atoms with Crippen LogP contribution in [-0.2, 0) is 9.59 Å². The van der Waals surface area contributed by atoms with Gasteiger partial charge in [-0.3, -0.25) is 14.4 Å². The first kappa shape index (κ1) is 18.1. The number of nitrogens with one attached hydrogen (secondary N) is 1. The van der Waals surface area contributed by atoms with Crippen molar-refractivity contribution in [2.24, 2.45) is 5.73 Å². The van der Waals surface area contributed by atoms with Gasteiger partial charge in [-0.15, -0.1) is 0 Å². The lowest BCUT2D eigenvalue weighted by molar-refractivity contribution is -0.118. The zero-order valence-corrected chi connectivity index (χ0v) is 13.7. The van der Waals surface area contributed by atoms with Crippen molar-refractivity contribution in [1.82, 2.24) is 0 Å². The summed E-state index contributed by atoms with van der Waals surface area (Å²) in [7, 11) is 0. The van der Waals surface area contributed by atoms with Gasteiger partial charge >= 0.3 is 0 Å². The fourth-order valence-electron chi connectivity index (χ4n) is 2.28. The van der Waals surface area contributed by atoms with E-state index in [9.17, 15) is 18.8 Å². The van der Waals surface area contributed by atoms with Crippen LogP contribution in [0.25, 0.3) is 0 Å². The molecule has 2 aromatic carbocycles. The van der Waals surface area contributed by atoms with Gasteiger partial charge in [0.25, 0.3) is 5.91 Å². The molecule has 3 N–H and O–H groups in total. The van der Waals surface area contributed by atoms with E-state index in [4.69, 9.17) is 5.73 Å². The number of nitrogens with zero attached hydrogens (tertiary/aromatic N) is 1. The first-order chi connectivity index (χ1) is 11.9. The molecule has 0 aliphatic heterocycles. The van der Waals surface area contributed by atoms with Gasteiger partial charge in [-0.05, 0) is 42.5 Å². The van der Waals surface area contributed by atoms with Crippen molar-refractivity contribution in [3.05, 3.63) is 59.9 Å². The molecule has 0 aliphatic carbocycles. The van der Waals surface area contributed by atoms with Crippen LogP contribution in [0.15, 0.2) is 48.5 Å². The number of rotatable bonds is 6. The molecule has 7 heteroatoms. The Bertz CT molecular complexity index is 790. The van der Waals surface area contributed by atoms with E-state index < -0.39 is 11.7 Å². The molecular formula is C18H18FN3O3. The molecule has 0 aromatic heterocycles. The van der Waals surface area contributed by atoms with Crippen LogP contribution in [0.5, 0.6) is 0 Å². The summed E-state index contributed by atoms with van der Waals surface area (Å²) in [6.45, 7) is 1.43. The Labute approximate surface area is 144 Å². The Kier molecular flexibility index (Phi) is 5.84. The highest BCUT2D eigenvalue weighted by Crippen LogP contribution is 2.20. The number of amides is 3. The van der Waals surface area contributed by atoms with Gasteiger partial charge in [0.1, 0.15) is 5.82 Å². The number of hydrogen-bond acceptors (Lipinski definition) is 3. The lowest BCUT2D eigenvalue weighted by Crippen LogP contribution is -2.34. The SMILES string of the molecule is CC(=O)Nc1cccc(C(=O)N(CCC(N)=O)c2ccc(F)cc2)c1. The molecule has 0 saturated carbocycles. The molecule has 0 fully saturated rings. The smallest absolute Gasteiger partial charge is 0.258 e. The summed E-state index contributed by atoms with van der Waals surface area (Å²) in [6, 6.07) is 11.8. The Morgan fingerprint density at radius 1 is 1.12 bits per heavy atom. The van der Waals surface area contributed by atoms with Crippen molar-refractivity contribution in [3.8, 4) is 0 Å². The van der Waals surface area contributed by atoms with E-state index in [1.165, 1.54) is 42.2 Å². The summed E-state index contributed by atoms with van der Waals surface area (Å²) in [4.78, 5) is 36.5. The molecule has 0 atom stereocenters. The number of halogens is 1. The topological polar surface area (TPSA) is 92.5 Å². The largest absolute Gasteiger partial charge is 0.370 e. The minimum absolute atomic E-state index is 0.0332. The first-order valence-electron chi connectivity index (χ1n) is 7.60. The van der Waals surface area contributed by atoms with Crippen molar-refractivity contribution in [3.63, 3.8) is 0 Å². The van der Waals surface area contributed by atoms with E-state index in [0.717, 1.165) is 0 Å². The van der Waals surface area contributed by atoms with Crippen molar-refractivity contribution in [2.75, 3.05) is 16.8 Å². The Balaban J connectivity index is 2.32. The van der Waals surface area contributed by atoms with Crippen molar-refractivity contribution in [1.29, 1.82) is 0 Å². The minimum Gasteiger partial charge on any atom is -0.370 e. The molecule has 2 rings (SSSR count). The molecule has 0 spiro atoms. The van der Waals surface area contributed by atoms with E-state index in [1.54, 1.807) is 18.2 Å². The average molecular weight is 343 g/mol. The molecule has 0 bridgehead atoms. The number of nitrogens with two attached hydrogens (primary N) is 1. The van der Waals surface area contributed by atoms with Crippen molar-refractivity contribution >= 4 is 29.1 Å². The Morgan fingerprint density at radius 2 is 1.80 bits per heavy atom. The molecule has 0 aliphatic rings. The van der Waals surface area contributed by atoms with Crippen LogP contribution in [-0.4, -0.2) is 24.3 Å².